The van der Waals surface area contributed by atoms with Gasteiger partial charge >= 0.3 is 0 Å². The Balaban J connectivity index is 0.00000338. The number of hydrogen-bond acceptors (Lipinski definition) is 4. The van der Waals surface area contributed by atoms with E-state index in [1.165, 1.54) is 15.4 Å². The van der Waals surface area contributed by atoms with Gasteiger partial charge in [-0.05, 0) is 38.8 Å². The third kappa shape index (κ3) is 7.49. The SMILES string of the molecule is CN=C(NCCCOc1ccccc1C)NCCc1nc(C)c(C)s1.I. The summed E-state index contributed by atoms with van der Waals surface area (Å²) in [6.45, 7) is 8.57. The molecule has 2 N–H and O–H groups in total. The zero-order valence-electron chi connectivity index (χ0n) is 16.0. The molecule has 2 rings (SSSR count). The Morgan fingerprint density at radius 1 is 1.15 bits per heavy atom. The molecule has 0 aliphatic rings. The van der Waals surface area contributed by atoms with E-state index in [1.54, 1.807) is 18.4 Å². The number of para-hydroxylation sites is 1. The molecule has 0 unspecified atom stereocenters. The molecule has 1 heterocycles. The van der Waals surface area contributed by atoms with Crippen molar-refractivity contribution in [3.05, 3.63) is 45.4 Å². The highest BCUT2D eigenvalue weighted by molar-refractivity contribution is 14.0. The molecule has 0 saturated carbocycles. The number of ether oxygens (including phenoxy) is 1. The smallest absolute Gasteiger partial charge is 0.190 e. The van der Waals surface area contributed by atoms with E-state index in [9.17, 15) is 0 Å². The van der Waals surface area contributed by atoms with Gasteiger partial charge in [0, 0.05) is 31.4 Å². The minimum absolute atomic E-state index is 0. The third-order valence-corrected chi connectivity index (χ3v) is 5.03. The Hall–Kier alpha value is -1.35. The van der Waals surface area contributed by atoms with Crippen LogP contribution in [-0.2, 0) is 6.42 Å². The van der Waals surface area contributed by atoms with E-state index in [0.717, 1.165) is 43.3 Å². The summed E-state index contributed by atoms with van der Waals surface area (Å²) < 4.78 is 5.80. The Morgan fingerprint density at radius 3 is 2.54 bits per heavy atom. The van der Waals surface area contributed by atoms with Gasteiger partial charge in [0.05, 0.1) is 17.3 Å². The number of benzene rings is 1. The number of aliphatic imine (C=N–C) groups is 1. The highest BCUT2D eigenvalue weighted by Gasteiger charge is 2.04. The maximum Gasteiger partial charge on any atom is 0.190 e. The second-order valence-corrected chi connectivity index (χ2v) is 7.18. The molecule has 0 aliphatic carbocycles. The molecular formula is C19H29IN4OS. The van der Waals surface area contributed by atoms with Crippen LogP contribution in [0, 0.1) is 20.8 Å². The van der Waals surface area contributed by atoms with Crippen molar-refractivity contribution in [2.45, 2.75) is 33.6 Å². The maximum atomic E-state index is 5.80. The first-order valence-corrected chi connectivity index (χ1v) is 9.47. The number of thiazole rings is 1. The van der Waals surface area contributed by atoms with E-state index in [2.05, 4.69) is 47.4 Å². The van der Waals surface area contributed by atoms with Gasteiger partial charge in [-0.3, -0.25) is 4.99 Å². The Morgan fingerprint density at radius 2 is 1.88 bits per heavy atom. The van der Waals surface area contributed by atoms with Gasteiger partial charge in [-0.1, -0.05) is 18.2 Å². The molecule has 0 amide bonds. The first kappa shape index (κ1) is 22.7. The molecule has 0 radical (unpaired) electrons. The Bertz CT molecular complexity index is 683. The molecule has 7 heteroatoms. The third-order valence-electron chi connectivity index (χ3n) is 3.89. The van der Waals surface area contributed by atoms with Crippen LogP contribution in [0.25, 0.3) is 0 Å². The van der Waals surface area contributed by atoms with Crippen LogP contribution in [0.5, 0.6) is 5.75 Å². The monoisotopic (exact) mass is 488 g/mol. The largest absolute Gasteiger partial charge is 0.493 e. The van der Waals surface area contributed by atoms with E-state index < -0.39 is 0 Å². The van der Waals surface area contributed by atoms with E-state index >= 15 is 0 Å². The highest BCUT2D eigenvalue weighted by Crippen LogP contribution is 2.17. The van der Waals surface area contributed by atoms with Crippen LogP contribution in [-0.4, -0.2) is 37.7 Å². The molecule has 1 aromatic carbocycles. The lowest BCUT2D eigenvalue weighted by molar-refractivity contribution is 0.309. The molecule has 26 heavy (non-hydrogen) atoms. The van der Waals surface area contributed by atoms with Gasteiger partial charge in [0.25, 0.3) is 0 Å². The van der Waals surface area contributed by atoms with Gasteiger partial charge in [-0.25, -0.2) is 4.98 Å². The van der Waals surface area contributed by atoms with Gasteiger partial charge in [0.15, 0.2) is 5.96 Å². The van der Waals surface area contributed by atoms with Crippen molar-refractivity contribution in [1.29, 1.82) is 0 Å². The average molecular weight is 488 g/mol. The van der Waals surface area contributed by atoms with Gasteiger partial charge in [0.1, 0.15) is 5.75 Å². The van der Waals surface area contributed by atoms with Crippen molar-refractivity contribution >= 4 is 41.3 Å². The van der Waals surface area contributed by atoms with Crippen LogP contribution in [0.3, 0.4) is 0 Å². The number of hydrogen-bond donors (Lipinski definition) is 2. The fraction of sp³-hybridized carbons (Fsp3) is 0.474. The zero-order valence-corrected chi connectivity index (χ0v) is 19.1. The maximum absolute atomic E-state index is 5.80. The first-order valence-electron chi connectivity index (χ1n) is 8.66. The van der Waals surface area contributed by atoms with Crippen LogP contribution in [0.15, 0.2) is 29.3 Å². The number of guanidine groups is 1. The number of halogens is 1. The molecule has 0 bridgehead atoms. The van der Waals surface area contributed by atoms with Crippen LogP contribution in [0.1, 0.15) is 27.6 Å². The van der Waals surface area contributed by atoms with Gasteiger partial charge < -0.3 is 15.4 Å². The molecule has 2 aromatic rings. The number of nitrogens with one attached hydrogen (secondary N) is 2. The van der Waals surface area contributed by atoms with Crippen molar-refractivity contribution in [2.75, 3.05) is 26.7 Å². The number of aromatic nitrogens is 1. The molecule has 0 aliphatic heterocycles. The van der Waals surface area contributed by atoms with Gasteiger partial charge in [-0.15, -0.1) is 35.3 Å². The molecule has 5 nitrogen and oxygen atoms in total. The van der Waals surface area contributed by atoms with Crippen LogP contribution in [0.4, 0.5) is 0 Å². The number of aryl methyl sites for hydroxylation is 3. The minimum Gasteiger partial charge on any atom is -0.493 e. The van der Waals surface area contributed by atoms with E-state index in [1.807, 2.05) is 18.2 Å². The number of nitrogens with zero attached hydrogens (tertiary/aromatic N) is 2. The molecular weight excluding hydrogens is 459 g/mol. The van der Waals surface area contributed by atoms with Crippen molar-refractivity contribution < 1.29 is 4.74 Å². The topological polar surface area (TPSA) is 58.5 Å². The second-order valence-electron chi connectivity index (χ2n) is 5.89. The second kappa shape index (κ2) is 12.1. The van der Waals surface area contributed by atoms with Crippen molar-refractivity contribution in [3.8, 4) is 5.75 Å². The summed E-state index contributed by atoms with van der Waals surface area (Å²) in [5.74, 6) is 1.78. The van der Waals surface area contributed by atoms with Crippen LogP contribution >= 0.6 is 35.3 Å². The Kier molecular flexibility index (Phi) is 10.6. The lowest BCUT2D eigenvalue weighted by Crippen LogP contribution is -2.39. The normalized spacial score (nSPS) is 11.0. The first-order chi connectivity index (χ1) is 12.1. The molecule has 144 valence electrons. The molecule has 0 fully saturated rings. The summed E-state index contributed by atoms with van der Waals surface area (Å²) in [5, 5.41) is 7.82. The van der Waals surface area contributed by atoms with Gasteiger partial charge in [-0.2, -0.15) is 0 Å². The lowest BCUT2D eigenvalue weighted by Gasteiger charge is -2.12. The molecule has 0 saturated heterocycles. The van der Waals surface area contributed by atoms with Crippen molar-refractivity contribution in [3.63, 3.8) is 0 Å². The van der Waals surface area contributed by atoms with Gasteiger partial charge in [0.2, 0.25) is 0 Å². The fourth-order valence-corrected chi connectivity index (χ4v) is 3.27. The fourth-order valence-electron chi connectivity index (χ4n) is 2.33. The summed E-state index contributed by atoms with van der Waals surface area (Å²) in [5.41, 5.74) is 2.30. The molecule has 1 aromatic heterocycles. The average Bonchev–Trinajstić information content (AvgIpc) is 2.92. The van der Waals surface area contributed by atoms with Crippen LogP contribution < -0.4 is 15.4 Å². The molecule has 0 atom stereocenters. The molecule has 0 spiro atoms. The number of rotatable bonds is 8. The van der Waals surface area contributed by atoms with E-state index in [4.69, 9.17) is 4.74 Å². The van der Waals surface area contributed by atoms with Crippen molar-refractivity contribution in [1.82, 2.24) is 15.6 Å². The predicted molar refractivity (Wildman–Crippen MR) is 121 cm³/mol. The van der Waals surface area contributed by atoms with E-state index in [0.29, 0.717) is 6.61 Å². The minimum atomic E-state index is 0. The van der Waals surface area contributed by atoms with Crippen LogP contribution in [0.2, 0.25) is 0 Å². The quantitative estimate of drug-likeness (QED) is 0.257. The lowest BCUT2D eigenvalue weighted by atomic mass is 10.2. The summed E-state index contributed by atoms with van der Waals surface area (Å²) in [4.78, 5) is 10.1. The van der Waals surface area contributed by atoms with Crippen molar-refractivity contribution in [2.24, 2.45) is 4.99 Å². The predicted octanol–water partition coefficient (Wildman–Crippen LogP) is 3.86. The Labute approximate surface area is 177 Å². The standard InChI is InChI=1S/C19H28N4OS.HI/c1-14-8-5-6-9-17(14)24-13-7-11-21-19(20-4)22-12-10-18-23-15(2)16(3)25-18;/h5-6,8-9H,7,10-13H2,1-4H3,(H2,20,21,22);1H. The van der Waals surface area contributed by atoms with E-state index in [-0.39, 0.29) is 24.0 Å². The summed E-state index contributed by atoms with van der Waals surface area (Å²) in [7, 11) is 1.79. The zero-order chi connectivity index (χ0) is 18.1. The highest BCUT2D eigenvalue weighted by atomic mass is 127. The summed E-state index contributed by atoms with van der Waals surface area (Å²) >= 11 is 1.77. The summed E-state index contributed by atoms with van der Waals surface area (Å²) in [6, 6.07) is 8.08. The summed E-state index contributed by atoms with van der Waals surface area (Å²) in [6.07, 6.45) is 1.83.